The first kappa shape index (κ1) is 27.0. The van der Waals surface area contributed by atoms with Crippen LogP contribution in [0.5, 0.6) is 5.75 Å². The quantitative estimate of drug-likeness (QED) is 0.249. The molecule has 11 heteroatoms. The third kappa shape index (κ3) is 5.82. The summed E-state index contributed by atoms with van der Waals surface area (Å²) in [6.07, 6.45) is 5.23. The highest BCUT2D eigenvalue weighted by atomic mass is 32.1. The van der Waals surface area contributed by atoms with Gasteiger partial charge < -0.3 is 20.3 Å². The maximum atomic E-state index is 13.3. The Morgan fingerprint density at radius 1 is 1.18 bits per heavy atom. The van der Waals surface area contributed by atoms with Crippen molar-refractivity contribution in [3.63, 3.8) is 0 Å². The van der Waals surface area contributed by atoms with Gasteiger partial charge in [0, 0.05) is 43.5 Å². The number of ether oxygens (including phenoxy) is 1. The topological polar surface area (TPSA) is 70.9 Å². The van der Waals surface area contributed by atoms with Gasteiger partial charge in [0.15, 0.2) is 4.96 Å². The molecule has 1 amide bonds. The fraction of sp³-hybridized carbons (Fsp3) is 0.448. The Bertz CT molecular complexity index is 1470. The Balaban J connectivity index is 1.19. The first-order valence-corrected chi connectivity index (χ1v) is 14.6. The van der Waals surface area contributed by atoms with E-state index in [4.69, 9.17) is 9.72 Å². The van der Waals surface area contributed by atoms with Crippen LogP contribution in [0.15, 0.2) is 42.6 Å². The highest BCUT2D eigenvalue weighted by Crippen LogP contribution is 2.35. The van der Waals surface area contributed by atoms with Gasteiger partial charge in [0.05, 0.1) is 21.5 Å². The summed E-state index contributed by atoms with van der Waals surface area (Å²) in [6, 6.07) is 11.8. The SMILES string of the molecule is O=C(NCCCN1CCC(F)CC1)c1cc2sc3nc(-c4ccc(C5CCCN5)cc4)cn3c2cc1OC(F)F. The Labute approximate surface area is 234 Å². The molecule has 2 aromatic heterocycles. The van der Waals surface area contributed by atoms with Gasteiger partial charge in [0.1, 0.15) is 11.9 Å². The Kier molecular flexibility index (Phi) is 7.95. The molecule has 1 atom stereocenters. The maximum absolute atomic E-state index is 13.3. The summed E-state index contributed by atoms with van der Waals surface area (Å²) >= 11 is 1.39. The fourth-order valence-electron chi connectivity index (χ4n) is 5.62. The molecule has 2 fully saturated rings. The second-order valence-corrected chi connectivity index (χ2v) is 11.5. The summed E-state index contributed by atoms with van der Waals surface area (Å²) in [5, 5.41) is 6.33. The molecule has 2 N–H and O–H groups in total. The van der Waals surface area contributed by atoms with Crippen molar-refractivity contribution in [1.29, 1.82) is 0 Å². The van der Waals surface area contributed by atoms with Gasteiger partial charge >= 0.3 is 6.61 Å². The Morgan fingerprint density at radius 2 is 1.98 bits per heavy atom. The number of imidazole rings is 1. The van der Waals surface area contributed by atoms with Gasteiger partial charge in [-0.25, -0.2) is 9.37 Å². The number of amides is 1. The lowest BCUT2D eigenvalue weighted by Gasteiger charge is -2.28. The molecule has 2 saturated heterocycles. The van der Waals surface area contributed by atoms with Crippen molar-refractivity contribution in [3.8, 4) is 17.0 Å². The van der Waals surface area contributed by atoms with E-state index in [0.717, 1.165) is 35.5 Å². The summed E-state index contributed by atoms with van der Waals surface area (Å²) in [6.45, 7) is 0.527. The van der Waals surface area contributed by atoms with Crippen LogP contribution in [0.4, 0.5) is 13.2 Å². The van der Waals surface area contributed by atoms with Crippen molar-refractivity contribution in [3.05, 3.63) is 53.7 Å². The minimum Gasteiger partial charge on any atom is -0.434 e. The van der Waals surface area contributed by atoms with Crippen molar-refractivity contribution in [1.82, 2.24) is 24.9 Å². The fourth-order valence-corrected chi connectivity index (χ4v) is 6.64. The number of benzene rings is 2. The Hall–Kier alpha value is -3.15. The van der Waals surface area contributed by atoms with Crippen LogP contribution >= 0.6 is 11.3 Å². The number of thiazole rings is 1. The number of halogens is 3. The number of carbonyl (C=O) groups is 1. The molecular weight excluding hydrogens is 539 g/mol. The van der Waals surface area contributed by atoms with E-state index in [9.17, 15) is 18.0 Å². The minimum absolute atomic E-state index is 0.0619. The third-order valence-corrected chi connectivity index (χ3v) is 8.80. The zero-order valence-electron chi connectivity index (χ0n) is 22.0. The number of fused-ring (bicyclic) bond motifs is 3. The van der Waals surface area contributed by atoms with E-state index < -0.39 is 18.7 Å². The number of nitrogens with one attached hydrogen (secondary N) is 2. The molecule has 4 heterocycles. The second kappa shape index (κ2) is 11.8. The number of piperidine rings is 1. The number of nitrogens with zero attached hydrogens (tertiary/aromatic N) is 3. The highest BCUT2D eigenvalue weighted by Gasteiger charge is 2.22. The van der Waals surface area contributed by atoms with Crippen LogP contribution < -0.4 is 15.4 Å². The summed E-state index contributed by atoms with van der Waals surface area (Å²) in [5.74, 6) is -0.642. The second-order valence-electron chi connectivity index (χ2n) is 10.5. The predicted molar refractivity (Wildman–Crippen MR) is 150 cm³/mol. The standard InChI is InChI=1S/C29H32F3N5O2S/c30-20-8-13-36(14-9-20)12-2-11-34-27(38)21-15-26-24(16-25(21)39-28(31)32)37-17-23(35-29(37)40-26)19-6-4-18(5-7-19)22-3-1-10-33-22/h4-7,15-17,20,22,28,33H,1-3,8-14H2,(H,34,38). The third-order valence-electron chi connectivity index (χ3n) is 7.78. The summed E-state index contributed by atoms with van der Waals surface area (Å²) < 4.78 is 47.3. The molecule has 0 saturated carbocycles. The monoisotopic (exact) mass is 571 g/mol. The molecule has 40 heavy (non-hydrogen) atoms. The van der Waals surface area contributed by atoms with E-state index in [1.807, 2.05) is 10.6 Å². The van der Waals surface area contributed by atoms with Crippen molar-refractivity contribution >= 4 is 32.4 Å². The van der Waals surface area contributed by atoms with Crippen LogP contribution in [0.1, 0.15) is 54.1 Å². The van der Waals surface area contributed by atoms with E-state index in [1.165, 1.54) is 29.4 Å². The number of carbonyl (C=O) groups excluding carboxylic acids is 1. The highest BCUT2D eigenvalue weighted by molar-refractivity contribution is 7.23. The van der Waals surface area contributed by atoms with Crippen LogP contribution in [0.2, 0.25) is 0 Å². The molecule has 212 valence electrons. The number of likely N-dealkylation sites (tertiary alicyclic amines) is 1. The number of rotatable bonds is 9. The average molecular weight is 572 g/mol. The average Bonchev–Trinajstić information content (AvgIpc) is 3.69. The largest absolute Gasteiger partial charge is 0.434 e. The molecule has 2 aliphatic heterocycles. The molecule has 2 aliphatic rings. The van der Waals surface area contributed by atoms with Crippen molar-refractivity contribution < 1.29 is 22.7 Å². The molecular formula is C29H32F3N5O2S. The molecule has 1 unspecified atom stereocenters. The van der Waals surface area contributed by atoms with Gasteiger partial charge in [-0.1, -0.05) is 35.6 Å². The van der Waals surface area contributed by atoms with Crippen molar-refractivity contribution in [2.75, 3.05) is 32.7 Å². The van der Waals surface area contributed by atoms with Crippen LogP contribution in [0, 0.1) is 0 Å². The number of alkyl halides is 3. The molecule has 6 rings (SSSR count). The lowest BCUT2D eigenvalue weighted by molar-refractivity contribution is -0.0500. The smallest absolute Gasteiger partial charge is 0.387 e. The number of hydrogen-bond donors (Lipinski definition) is 2. The molecule has 0 spiro atoms. The van der Waals surface area contributed by atoms with Crippen LogP contribution in [0.25, 0.3) is 26.4 Å². The lowest BCUT2D eigenvalue weighted by atomic mass is 10.0. The zero-order chi connectivity index (χ0) is 27.6. The summed E-state index contributed by atoms with van der Waals surface area (Å²) in [7, 11) is 0. The van der Waals surface area contributed by atoms with Gasteiger partial charge in [0.2, 0.25) is 0 Å². The molecule has 4 aromatic rings. The molecule has 2 aromatic carbocycles. The first-order chi connectivity index (χ1) is 19.4. The molecule has 0 radical (unpaired) electrons. The maximum Gasteiger partial charge on any atom is 0.387 e. The van der Waals surface area contributed by atoms with E-state index in [1.54, 1.807) is 6.07 Å². The van der Waals surface area contributed by atoms with Crippen molar-refractivity contribution in [2.45, 2.75) is 50.9 Å². The van der Waals surface area contributed by atoms with Crippen LogP contribution in [-0.4, -0.2) is 65.7 Å². The van der Waals surface area contributed by atoms with Gasteiger partial charge in [-0.2, -0.15) is 8.78 Å². The molecule has 7 nitrogen and oxygen atoms in total. The van der Waals surface area contributed by atoms with Crippen LogP contribution in [-0.2, 0) is 0 Å². The molecule has 0 aliphatic carbocycles. The first-order valence-electron chi connectivity index (χ1n) is 13.8. The van der Waals surface area contributed by atoms with E-state index >= 15 is 0 Å². The van der Waals surface area contributed by atoms with Crippen molar-refractivity contribution in [2.24, 2.45) is 0 Å². The van der Waals surface area contributed by atoms with E-state index in [-0.39, 0.29) is 11.3 Å². The van der Waals surface area contributed by atoms with Gasteiger partial charge in [-0.3, -0.25) is 9.20 Å². The normalized spacial score (nSPS) is 18.8. The summed E-state index contributed by atoms with van der Waals surface area (Å²) in [5.41, 5.74) is 3.72. The van der Waals surface area contributed by atoms with Gasteiger partial charge in [-0.05, 0) is 56.8 Å². The van der Waals surface area contributed by atoms with Crippen LogP contribution in [0.3, 0.4) is 0 Å². The number of hydrogen-bond acceptors (Lipinski definition) is 6. The van der Waals surface area contributed by atoms with Gasteiger partial charge in [-0.15, -0.1) is 0 Å². The van der Waals surface area contributed by atoms with E-state index in [2.05, 4.69) is 39.8 Å². The summed E-state index contributed by atoms with van der Waals surface area (Å²) in [4.78, 5) is 20.6. The Morgan fingerprint density at radius 3 is 2.70 bits per heavy atom. The zero-order valence-corrected chi connectivity index (χ0v) is 22.9. The lowest BCUT2D eigenvalue weighted by Crippen LogP contribution is -2.36. The number of aromatic nitrogens is 2. The van der Waals surface area contributed by atoms with Gasteiger partial charge in [0.25, 0.3) is 5.91 Å². The minimum atomic E-state index is -3.07. The van der Waals surface area contributed by atoms with E-state index in [0.29, 0.717) is 55.4 Å². The predicted octanol–water partition coefficient (Wildman–Crippen LogP) is 5.80. The molecule has 0 bridgehead atoms.